The van der Waals surface area contributed by atoms with Crippen LogP contribution in [0.3, 0.4) is 0 Å². The Bertz CT molecular complexity index is 330. The summed E-state index contributed by atoms with van der Waals surface area (Å²) >= 11 is 1.43. The van der Waals surface area contributed by atoms with Gasteiger partial charge in [0.05, 0.1) is 12.7 Å². The lowest BCUT2D eigenvalue weighted by Gasteiger charge is -2.17. The zero-order chi connectivity index (χ0) is 13.4. The van der Waals surface area contributed by atoms with E-state index in [0.29, 0.717) is 6.10 Å². The standard InChI is InChI=1S/C12H24N4OS/c1-5-6-13-12-11(14-15-18-12)9-16(4)7-8-17-10(2)3/h10,13H,5-9H2,1-4H3. The minimum absolute atomic E-state index is 0.293. The summed E-state index contributed by atoms with van der Waals surface area (Å²) in [5.74, 6) is 0. The van der Waals surface area contributed by atoms with Gasteiger partial charge in [-0.05, 0) is 27.3 Å². The Kier molecular flexibility index (Phi) is 7.15. The number of likely N-dealkylation sites (N-methyl/N-ethyl adjacent to an activating group) is 1. The van der Waals surface area contributed by atoms with Gasteiger partial charge in [0.1, 0.15) is 10.7 Å². The van der Waals surface area contributed by atoms with Gasteiger partial charge in [0, 0.05) is 31.2 Å². The predicted molar refractivity (Wildman–Crippen MR) is 76.1 cm³/mol. The van der Waals surface area contributed by atoms with E-state index in [1.54, 1.807) is 0 Å². The highest BCUT2D eigenvalue weighted by Crippen LogP contribution is 2.18. The molecule has 0 fully saturated rings. The molecule has 1 aromatic rings. The molecular weight excluding hydrogens is 248 g/mol. The van der Waals surface area contributed by atoms with Crippen molar-refractivity contribution in [1.29, 1.82) is 0 Å². The van der Waals surface area contributed by atoms with Gasteiger partial charge < -0.3 is 10.1 Å². The number of hydrogen-bond donors (Lipinski definition) is 1. The molecule has 0 bridgehead atoms. The number of ether oxygens (including phenoxy) is 1. The second kappa shape index (κ2) is 8.39. The summed E-state index contributed by atoms with van der Waals surface area (Å²) in [6, 6.07) is 0. The monoisotopic (exact) mass is 272 g/mol. The average molecular weight is 272 g/mol. The van der Waals surface area contributed by atoms with Crippen molar-refractivity contribution in [3.63, 3.8) is 0 Å². The molecule has 18 heavy (non-hydrogen) atoms. The summed E-state index contributed by atoms with van der Waals surface area (Å²) in [5, 5.41) is 8.63. The van der Waals surface area contributed by atoms with Crippen molar-refractivity contribution >= 4 is 16.5 Å². The lowest BCUT2D eigenvalue weighted by molar-refractivity contribution is 0.0625. The molecule has 0 radical (unpaired) electrons. The summed E-state index contributed by atoms with van der Waals surface area (Å²) in [4.78, 5) is 2.20. The molecule has 1 N–H and O–H groups in total. The van der Waals surface area contributed by atoms with Crippen LogP contribution >= 0.6 is 11.5 Å². The molecule has 6 heteroatoms. The lowest BCUT2D eigenvalue weighted by Crippen LogP contribution is -2.24. The quantitative estimate of drug-likeness (QED) is 0.747. The SMILES string of the molecule is CCCNc1snnc1CN(C)CCOC(C)C. The van der Waals surface area contributed by atoms with Crippen LogP contribution in [0.15, 0.2) is 0 Å². The summed E-state index contributed by atoms with van der Waals surface area (Å²) in [6.45, 7) is 9.69. The fourth-order valence-corrected chi connectivity index (χ4v) is 2.06. The smallest absolute Gasteiger partial charge is 0.134 e. The fourth-order valence-electron chi connectivity index (χ4n) is 1.46. The molecule has 0 aliphatic rings. The van der Waals surface area contributed by atoms with Gasteiger partial charge in [-0.3, -0.25) is 4.90 Å². The van der Waals surface area contributed by atoms with E-state index in [1.807, 2.05) is 0 Å². The number of hydrogen-bond acceptors (Lipinski definition) is 6. The molecule has 0 saturated carbocycles. The Labute approximate surface area is 114 Å². The van der Waals surface area contributed by atoms with Crippen molar-refractivity contribution in [2.75, 3.05) is 32.1 Å². The van der Waals surface area contributed by atoms with Crippen molar-refractivity contribution in [3.8, 4) is 0 Å². The Morgan fingerprint density at radius 2 is 2.22 bits per heavy atom. The van der Waals surface area contributed by atoms with Crippen molar-refractivity contribution in [2.45, 2.75) is 39.8 Å². The van der Waals surface area contributed by atoms with Gasteiger partial charge in [-0.25, -0.2) is 0 Å². The fraction of sp³-hybridized carbons (Fsp3) is 0.833. The largest absolute Gasteiger partial charge is 0.377 e. The highest BCUT2D eigenvalue weighted by atomic mass is 32.1. The summed E-state index contributed by atoms with van der Waals surface area (Å²) in [6.07, 6.45) is 1.40. The van der Waals surface area contributed by atoms with Gasteiger partial charge in [0.25, 0.3) is 0 Å². The Morgan fingerprint density at radius 1 is 1.44 bits per heavy atom. The molecule has 1 rings (SSSR count). The van der Waals surface area contributed by atoms with Crippen molar-refractivity contribution in [1.82, 2.24) is 14.5 Å². The van der Waals surface area contributed by atoms with Crippen LogP contribution in [0, 0.1) is 0 Å². The van der Waals surface area contributed by atoms with Gasteiger partial charge in [-0.1, -0.05) is 11.4 Å². The molecule has 0 unspecified atom stereocenters. The number of nitrogens with one attached hydrogen (secondary N) is 1. The summed E-state index contributed by atoms with van der Waals surface area (Å²) < 4.78 is 9.54. The van der Waals surface area contributed by atoms with Crippen LogP contribution in [-0.2, 0) is 11.3 Å². The minimum atomic E-state index is 0.293. The topological polar surface area (TPSA) is 50.3 Å². The maximum absolute atomic E-state index is 5.54. The first-order chi connectivity index (χ1) is 8.63. The van der Waals surface area contributed by atoms with E-state index in [0.717, 1.165) is 43.4 Å². The minimum Gasteiger partial charge on any atom is -0.377 e. The normalized spacial score (nSPS) is 11.4. The van der Waals surface area contributed by atoms with Crippen LogP contribution in [0.2, 0.25) is 0 Å². The molecule has 104 valence electrons. The molecule has 0 atom stereocenters. The molecule has 0 aromatic carbocycles. The molecule has 1 heterocycles. The van der Waals surface area contributed by atoms with E-state index in [1.165, 1.54) is 11.5 Å². The van der Waals surface area contributed by atoms with Crippen LogP contribution in [0.4, 0.5) is 5.00 Å². The third-order valence-corrected chi connectivity index (χ3v) is 3.16. The van der Waals surface area contributed by atoms with E-state index in [2.05, 4.69) is 47.6 Å². The average Bonchev–Trinajstić information content (AvgIpc) is 2.73. The predicted octanol–water partition coefficient (Wildman–Crippen LogP) is 2.22. The maximum Gasteiger partial charge on any atom is 0.134 e. The van der Waals surface area contributed by atoms with Crippen molar-refractivity contribution in [2.24, 2.45) is 0 Å². The molecule has 5 nitrogen and oxygen atoms in total. The van der Waals surface area contributed by atoms with Crippen molar-refractivity contribution in [3.05, 3.63) is 5.69 Å². The highest BCUT2D eigenvalue weighted by Gasteiger charge is 2.10. The molecule has 0 spiro atoms. The van der Waals surface area contributed by atoms with Crippen LogP contribution in [0.25, 0.3) is 0 Å². The number of aromatic nitrogens is 2. The molecule has 0 amide bonds. The number of rotatable bonds is 9. The van der Waals surface area contributed by atoms with Gasteiger partial charge in [-0.15, -0.1) is 5.10 Å². The Balaban J connectivity index is 2.34. The van der Waals surface area contributed by atoms with E-state index in [4.69, 9.17) is 4.74 Å². The van der Waals surface area contributed by atoms with Gasteiger partial charge in [0.15, 0.2) is 0 Å². The molecule has 0 aliphatic heterocycles. The van der Waals surface area contributed by atoms with Crippen LogP contribution in [0.5, 0.6) is 0 Å². The highest BCUT2D eigenvalue weighted by molar-refractivity contribution is 7.10. The Hall–Kier alpha value is -0.720. The second-order valence-corrected chi connectivity index (χ2v) is 5.39. The maximum atomic E-state index is 5.54. The van der Waals surface area contributed by atoms with E-state index in [9.17, 15) is 0 Å². The van der Waals surface area contributed by atoms with Crippen molar-refractivity contribution < 1.29 is 4.74 Å². The Morgan fingerprint density at radius 3 is 2.89 bits per heavy atom. The van der Waals surface area contributed by atoms with E-state index < -0.39 is 0 Å². The van der Waals surface area contributed by atoms with Gasteiger partial charge in [-0.2, -0.15) is 0 Å². The van der Waals surface area contributed by atoms with E-state index >= 15 is 0 Å². The summed E-state index contributed by atoms with van der Waals surface area (Å²) in [5.41, 5.74) is 1.03. The first-order valence-electron chi connectivity index (χ1n) is 6.48. The number of nitrogens with zero attached hydrogens (tertiary/aromatic N) is 3. The van der Waals surface area contributed by atoms with E-state index in [-0.39, 0.29) is 0 Å². The zero-order valence-corrected chi connectivity index (χ0v) is 12.6. The number of anilines is 1. The van der Waals surface area contributed by atoms with Crippen LogP contribution in [-0.4, -0.2) is 47.3 Å². The molecular formula is C12H24N4OS. The third-order valence-electron chi connectivity index (χ3n) is 2.44. The molecule has 1 aromatic heterocycles. The van der Waals surface area contributed by atoms with Crippen LogP contribution in [0.1, 0.15) is 32.9 Å². The zero-order valence-electron chi connectivity index (χ0n) is 11.8. The molecule has 0 saturated heterocycles. The first kappa shape index (κ1) is 15.3. The first-order valence-corrected chi connectivity index (χ1v) is 7.26. The second-order valence-electron chi connectivity index (χ2n) is 4.63. The van der Waals surface area contributed by atoms with Gasteiger partial charge >= 0.3 is 0 Å². The van der Waals surface area contributed by atoms with Gasteiger partial charge in [0.2, 0.25) is 0 Å². The van der Waals surface area contributed by atoms with Crippen LogP contribution < -0.4 is 5.32 Å². The summed E-state index contributed by atoms with van der Waals surface area (Å²) in [7, 11) is 2.08. The lowest BCUT2D eigenvalue weighted by atomic mass is 10.4. The third kappa shape index (κ3) is 5.75. The molecule has 0 aliphatic carbocycles.